The second-order valence-electron chi connectivity index (χ2n) is 19.5. The van der Waals surface area contributed by atoms with Gasteiger partial charge in [0.2, 0.25) is 0 Å². The van der Waals surface area contributed by atoms with Gasteiger partial charge in [-0.2, -0.15) is 15.4 Å². The van der Waals surface area contributed by atoms with E-state index >= 15 is 4.57 Å². The maximum absolute atomic E-state index is 15.2. The number of hydroxylamine groups is 4. The molecule has 6 aromatic rings. The van der Waals surface area contributed by atoms with Crippen molar-refractivity contribution in [2.75, 3.05) is 13.1 Å². The Balaban J connectivity index is 0.000000212. The highest BCUT2D eigenvalue weighted by Gasteiger charge is 2.49. The summed E-state index contributed by atoms with van der Waals surface area (Å²) in [5, 5.41) is 25.1. The first-order chi connectivity index (χ1) is 34.1. The normalized spacial score (nSPS) is 17.8. The molecule has 9 nitrogen and oxygen atoms in total. The molecule has 71 heavy (non-hydrogen) atoms. The summed E-state index contributed by atoms with van der Waals surface area (Å²) >= 11 is 0. The highest BCUT2D eigenvalue weighted by Crippen LogP contribution is 2.62. The van der Waals surface area contributed by atoms with Gasteiger partial charge in [-0.15, -0.1) is 0 Å². The zero-order valence-corrected chi connectivity index (χ0v) is 44.6. The number of nitrogens with zero attached hydrogens (tertiary/aromatic N) is 3. The van der Waals surface area contributed by atoms with Crippen LogP contribution in [-0.2, 0) is 14.0 Å². The summed E-state index contributed by atoms with van der Waals surface area (Å²) in [4.78, 5) is 6.85. The fourth-order valence-corrected chi connectivity index (χ4v) is 15.3. The summed E-state index contributed by atoms with van der Waals surface area (Å²) in [6, 6.07) is 53.5. The lowest BCUT2D eigenvalue weighted by Gasteiger charge is -2.42. The molecule has 0 amide bonds. The largest absolute Gasteiger partial charge is 0.438 e. The Morgan fingerprint density at radius 3 is 1.51 bits per heavy atom. The molecule has 374 valence electrons. The number of fused-ring (bicyclic) bond motifs is 6. The number of unbranched alkanes of at least 4 members (excludes halogenated alkanes) is 2. The van der Waals surface area contributed by atoms with Crippen molar-refractivity contribution in [3.63, 3.8) is 0 Å². The Hall–Kier alpha value is -5.55. The van der Waals surface area contributed by atoms with Gasteiger partial charge in [-0.3, -0.25) is 14.0 Å². The lowest BCUT2D eigenvalue weighted by atomic mass is 9.86. The van der Waals surface area contributed by atoms with Crippen LogP contribution in [0.1, 0.15) is 105 Å². The second kappa shape index (κ2) is 25.2. The summed E-state index contributed by atoms with van der Waals surface area (Å²) in [7, 11) is -6.79. The standard InChI is InChI=1S/C32H39N2O3P.C20H26NO3P.C8H8/c1-6-7-21-34(36-29(22-32(4,5)23-33)25-15-9-8-10-16-25)31(24(2)3)38(35)30-20-14-12-18-27(30)26-17-11-13-19-28(26)37-38;1-4-5-14-21(22)20(15(2)3)25(23)19-13-9-7-11-17(19)16-10-6-8-12-18(16)24-25;1-2-8-6-4-3-5-7-8/h8-20,24,29,31H,6-7,21-22H2,1-5H3;6-13,15,20,22H,4-5,14H2,1-3H3;2-7H,1H2. The lowest BCUT2D eigenvalue weighted by molar-refractivity contribution is -0.222. The van der Waals surface area contributed by atoms with Gasteiger partial charge in [-0.05, 0) is 91.5 Å². The molecule has 11 heteroatoms. The van der Waals surface area contributed by atoms with Crippen LogP contribution in [0.2, 0.25) is 0 Å². The Morgan fingerprint density at radius 2 is 1.06 bits per heavy atom. The fraction of sp³-hybridized carbons (Fsp3) is 0.350. The third-order valence-corrected chi connectivity index (χ3v) is 18.9. The average Bonchev–Trinajstić information content (AvgIpc) is 3.38. The van der Waals surface area contributed by atoms with E-state index in [1.165, 1.54) is 10.6 Å². The zero-order valence-electron chi connectivity index (χ0n) is 42.9. The van der Waals surface area contributed by atoms with E-state index in [9.17, 15) is 15.0 Å². The van der Waals surface area contributed by atoms with E-state index in [4.69, 9.17) is 13.9 Å². The summed E-state index contributed by atoms with van der Waals surface area (Å²) in [5.41, 5.74) is 5.36. The van der Waals surface area contributed by atoms with Crippen molar-refractivity contribution in [3.8, 4) is 39.8 Å². The van der Waals surface area contributed by atoms with Gasteiger partial charge < -0.3 is 14.3 Å². The van der Waals surface area contributed by atoms with Crippen LogP contribution in [0.4, 0.5) is 0 Å². The molecule has 0 saturated heterocycles. The van der Waals surface area contributed by atoms with Crippen molar-refractivity contribution >= 4 is 31.4 Å². The van der Waals surface area contributed by atoms with Gasteiger partial charge in [-0.1, -0.05) is 200 Å². The Morgan fingerprint density at radius 1 is 0.634 bits per heavy atom. The molecule has 2 aliphatic heterocycles. The van der Waals surface area contributed by atoms with Gasteiger partial charge in [0.1, 0.15) is 29.2 Å². The number of para-hydroxylation sites is 2. The maximum Gasteiger partial charge on any atom is 0.297 e. The third kappa shape index (κ3) is 13.1. The van der Waals surface area contributed by atoms with Crippen LogP contribution in [0.5, 0.6) is 11.5 Å². The predicted octanol–water partition coefficient (Wildman–Crippen LogP) is 15.8. The molecule has 1 N–H and O–H groups in total. The third-order valence-electron chi connectivity index (χ3n) is 12.7. The number of nitriles is 1. The van der Waals surface area contributed by atoms with E-state index in [0.29, 0.717) is 36.3 Å². The zero-order chi connectivity index (χ0) is 51.2. The number of rotatable bonds is 18. The maximum atomic E-state index is 15.2. The van der Waals surface area contributed by atoms with Crippen molar-refractivity contribution < 1.29 is 28.2 Å². The number of hydrogen-bond donors (Lipinski definition) is 1. The van der Waals surface area contributed by atoms with Gasteiger partial charge in [0.15, 0.2) is 0 Å². The predicted molar refractivity (Wildman–Crippen MR) is 293 cm³/mol. The minimum absolute atomic E-state index is 0.0222. The highest BCUT2D eigenvalue weighted by atomic mass is 31.2. The van der Waals surface area contributed by atoms with Crippen molar-refractivity contribution in [1.29, 1.82) is 5.26 Å². The molecular formula is C60H73N3O6P2. The Kier molecular flexibility index (Phi) is 19.4. The minimum atomic E-state index is -3.47. The molecule has 2 aliphatic rings. The smallest absolute Gasteiger partial charge is 0.297 e. The summed E-state index contributed by atoms with van der Waals surface area (Å²) in [6.45, 7) is 20.9. The molecule has 6 aromatic carbocycles. The molecule has 0 spiro atoms. The first-order valence-electron chi connectivity index (χ1n) is 25.1. The first-order valence-corrected chi connectivity index (χ1v) is 28.5. The molecule has 0 bridgehead atoms. The van der Waals surface area contributed by atoms with Crippen LogP contribution in [0.15, 0.2) is 164 Å². The van der Waals surface area contributed by atoms with Crippen LogP contribution in [0.3, 0.4) is 0 Å². The van der Waals surface area contributed by atoms with Crippen LogP contribution in [-0.4, -0.2) is 40.0 Å². The molecule has 0 saturated carbocycles. The second-order valence-corrected chi connectivity index (χ2v) is 24.3. The summed E-state index contributed by atoms with van der Waals surface area (Å²) < 4.78 is 42.0. The van der Waals surface area contributed by atoms with E-state index in [1.54, 1.807) is 0 Å². The molecule has 8 rings (SSSR count). The van der Waals surface area contributed by atoms with Gasteiger partial charge in [-0.25, -0.2) is 0 Å². The number of benzene rings is 6. The summed E-state index contributed by atoms with van der Waals surface area (Å²) in [5.74, 6) is 0.121. The van der Waals surface area contributed by atoms with Gasteiger partial charge >= 0.3 is 0 Å². The Labute approximate surface area is 423 Å². The summed E-state index contributed by atoms with van der Waals surface area (Å²) in [6.07, 6.45) is 5.62. The SMILES string of the molecule is C=Cc1ccccc1.CCCCN(O)C(C(C)C)P1(=O)Oc2ccccc2-c2ccccc21.CCCCN(OC(CC(C)(C)C#N)c1ccccc1)C(C(C)C)P1(=O)Oc2ccccc2-c2ccccc21. The minimum Gasteiger partial charge on any atom is -0.438 e. The van der Waals surface area contributed by atoms with Crippen LogP contribution < -0.4 is 19.7 Å². The molecule has 0 radical (unpaired) electrons. The first kappa shape index (κ1) is 54.8. The average molecular weight is 994 g/mol. The molecule has 0 aromatic heterocycles. The molecular weight excluding hydrogens is 921 g/mol. The number of hydrogen-bond acceptors (Lipinski definition) is 9. The van der Waals surface area contributed by atoms with Gasteiger partial charge in [0, 0.05) is 24.2 Å². The molecule has 0 aliphatic carbocycles. The quantitative estimate of drug-likeness (QED) is 0.0664. The van der Waals surface area contributed by atoms with E-state index < -0.39 is 31.7 Å². The van der Waals surface area contributed by atoms with E-state index in [-0.39, 0.29) is 17.9 Å². The Bertz CT molecular complexity index is 2790. The molecule has 2 heterocycles. The van der Waals surface area contributed by atoms with E-state index in [0.717, 1.165) is 58.8 Å². The van der Waals surface area contributed by atoms with Crippen molar-refractivity contribution in [2.24, 2.45) is 17.3 Å². The van der Waals surface area contributed by atoms with Crippen LogP contribution in [0.25, 0.3) is 28.3 Å². The van der Waals surface area contributed by atoms with Crippen LogP contribution in [0, 0.1) is 28.6 Å². The van der Waals surface area contributed by atoms with Gasteiger partial charge in [0.05, 0.1) is 22.1 Å². The van der Waals surface area contributed by atoms with Crippen molar-refractivity contribution in [2.45, 2.75) is 105 Å². The molecule has 5 unspecified atom stereocenters. The van der Waals surface area contributed by atoms with Crippen LogP contribution >= 0.6 is 14.7 Å². The highest BCUT2D eigenvalue weighted by molar-refractivity contribution is 7.68. The van der Waals surface area contributed by atoms with Crippen molar-refractivity contribution in [3.05, 3.63) is 175 Å². The van der Waals surface area contributed by atoms with Gasteiger partial charge in [0.25, 0.3) is 14.7 Å². The lowest BCUT2D eigenvalue weighted by Crippen LogP contribution is -2.44. The monoisotopic (exact) mass is 993 g/mol. The topological polar surface area (TPSA) is 112 Å². The van der Waals surface area contributed by atoms with E-state index in [1.807, 2.05) is 197 Å². The fourth-order valence-electron chi connectivity index (χ4n) is 9.23. The molecule has 5 atom stereocenters. The van der Waals surface area contributed by atoms with Crippen molar-refractivity contribution in [1.82, 2.24) is 10.1 Å². The molecule has 0 fully saturated rings. The van der Waals surface area contributed by atoms with E-state index in [2.05, 4.69) is 40.3 Å².